The minimum atomic E-state index is -0.495. The van der Waals surface area contributed by atoms with E-state index in [0.717, 1.165) is 27.9 Å². The molecule has 2 aromatic carbocycles. The SMILES string of the molecule is O=C1OC[C@H](c2ccc(F)cc2)N1c1ccn2ncc(-c3ccc(-c4cc[nH]n4)cc3)c2n1. The van der Waals surface area contributed by atoms with Gasteiger partial charge in [0.05, 0.1) is 11.9 Å². The van der Waals surface area contributed by atoms with Crippen molar-refractivity contribution >= 4 is 17.6 Å². The number of cyclic esters (lactones) is 1. The Morgan fingerprint density at radius 3 is 2.55 bits per heavy atom. The number of nitrogens with one attached hydrogen (secondary N) is 1. The number of amides is 1. The van der Waals surface area contributed by atoms with E-state index in [1.165, 1.54) is 17.0 Å². The quantitative estimate of drug-likeness (QED) is 0.440. The van der Waals surface area contributed by atoms with Gasteiger partial charge in [0.25, 0.3) is 0 Å². The number of benzene rings is 2. The predicted octanol–water partition coefficient (Wildman–Crippen LogP) is 4.62. The van der Waals surface area contributed by atoms with E-state index in [2.05, 4.69) is 15.3 Å². The first-order valence-electron chi connectivity index (χ1n) is 10.3. The van der Waals surface area contributed by atoms with Crippen LogP contribution in [0.15, 0.2) is 79.3 Å². The van der Waals surface area contributed by atoms with Gasteiger partial charge in [-0.3, -0.25) is 10.00 Å². The third-order valence-electron chi connectivity index (χ3n) is 5.72. The zero-order valence-electron chi connectivity index (χ0n) is 17.2. The molecule has 1 saturated heterocycles. The molecule has 0 spiro atoms. The van der Waals surface area contributed by atoms with Crippen LogP contribution in [0.25, 0.3) is 28.0 Å². The maximum atomic E-state index is 13.4. The van der Waals surface area contributed by atoms with Crippen molar-refractivity contribution in [3.63, 3.8) is 0 Å². The zero-order valence-corrected chi connectivity index (χ0v) is 17.2. The van der Waals surface area contributed by atoms with Gasteiger partial charge in [-0.15, -0.1) is 0 Å². The first kappa shape index (κ1) is 19.2. The topological polar surface area (TPSA) is 88.4 Å². The molecule has 1 amide bonds. The molecule has 0 bridgehead atoms. The minimum absolute atomic E-state index is 0.165. The molecule has 6 rings (SSSR count). The van der Waals surface area contributed by atoms with Gasteiger partial charge in [0, 0.05) is 23.5 Å². The predicted molar refractivity (Wildman–Crippen MR) is 119 cm³/mol. The lowest BCUT2D eigenvalue weighted by atomic mass is 10.1. The summed E-state index contributed by atoms with van der Waals surface area (Å²) in [6.45, 7) is 0.165. The van der Waals surface area contributed by atoms with Crippen LogP contribution in [0, 0.1) is 5.82 Å². The maximum Gasteiger partial charge on any atom is 0.416 e. The number of carbonyl (C=O) groups excluding carboxylic acids is 1. The van der Waals surface area contributed by atoms with Crippen molar-refractivity contribution in [2.45, 2.75) is 6.04 Å². The second kappa shape index (κ2) is 7.56. The van der Waals surface area contributed by atoms with Gasteiger partial charge in [-0.25, -0.2) is 18.7 Å². The summed E-state index contributed by atoms with van der Waals surface area (Å²) >= 11 is 0. The average Bonchev–Trinajstić information content (AvgIpc) is 3.59. The van der Waals surface area contributed by atoms with E-state index in [-0.39, 0.29) is 12.4 Å². The Morgan fingerprint density at radius 1 is 1.00 bits per heavy atom. The number of halogens is 1. The number of aromatic amines is 1. The van der Waals surface area contributed by atoms with E-state index < -0.39 is 12.1 Å². The van der Waals surface area contributed by atoms with Gasteiger partial charge >= 0.3 is 6.09 Å². The van der Waals surface area contributed by atoms with Gasteiger partial charge in [0.15, 0.2) is 5.65 Å². The lowest BCUT2D eigenvalue weighted by Gasteiger charge is -2.20. The molecule has 3 aromatic heterocycles. The van der Waals surface area contributed by atoms with Crippen LogP contribution in [0.4, 0.5) is 15.0 Å². The molecule has 1 aliphatic rings. The molecule has 0 radical (unpaired) electrons. The smallest absolute Gasteiger partial charge is 0.416 e. The summed E-state index contributed by atoms with van der Waals surface area (Å²) in [6.07, 6.45) is 4.79. The number of hydrogen-bond donors (Lipinski definition) is 1. The first-order chi connectivity index (χ1) is 16.2. The molecule has 33 heavy (non-hydrogen) atoms. The lowest BCUT2D eigenvalue weighted by molar-refractivity contribution is 0.179. The number of hydrogen-bond acceptors (Lipinski definition) is 5. The molecule has 1 atom stereocenters. The van der Waals surface area contributed by atoms with Gasteiger partial charge in [-0.2, -0.15) is 10.2 Å². The van der Waals surface area contributed by atoms with Crippen LogP contribution in [-0.2, 0) is 4.74 Å². The van der Waals surface area contributed by atoms with Crippen molar-refractivity contribution in [1.82, 2.24) is 24.8 Å². The standard InChI is InChI=1S/C24H17FN6O2/c25-18-7-5-17(6-8-18)21-14-33-24(32)31(21)22-10-12-30-23(28-22)19(13-27-30)15-1-3-16(4-2-15)20-9-11-26-29-20/h1-13,21H,14H2,(H,26,29)/t21-/m1/s1. The molecule has 9 heteroatoms. The van der Waals surface area contributed by atoms with Crippen molar-refractivity contribution in [1.29, 1.82) is 0 Å². The lowest BCUT2D eigenvalue weighted by Crippen LogP contribution is -2.28. The van der Waals surface area contributed by atoms with Crippen molar-refractivity contribution in [3.05, 3.63) is 90.6 Å². The normalized spacial score (nSPS) is 15.8. The molecule has 1 N–H and O–H groups in total. The van der Waals surface area contributed by atoms with E-state index in [0.29, 0.717) is 11.5 Å². The molecular formula is C24H17FN6O2. The summed E-state index contributed by atoms with van der Waals surface area (Å²) in [7, 11) is 0. The fourth-order valence-corrected chi connectivity index (χ4v) is 4.04. The van der Waals surface area contributed by atoms with Crippen LogP contribution < -0.4 is 4.90 Å². The number of H-pyrrole nitrogens is 1. The van der Waals surface area contributed by atoms with Gasteiger partial charge in [-0.05, 0) is 35.4 Å². The van der Waals surface area contributed by atoms with Crippen molar-refractivity contribution in [2.24, 2.45) is 0 Å². The van der Waals surface area contributed by atoms with Gasteiger partial charge < -0.3 is 4.74 Å². The second-order valence-corrected chi connectivity index (χ2v) is 7.66. The fraction of sp³-hybridized carbons (Fsp3) is 0.0833. The van der Waals surface area contributed by atoms with Crippen molar-refractivity contribution in [3.8, 4) is 22.4 Å². The molecule has 5 aromatic rings. The number of carbonyl (C=O) groups is 1. The molecule has 162 valence electrons. The number of rotatable bonds is 4. The number of nitrogens with zero attached hydrogens (tertiary/aromatic N) is 5. The summed E-state index contributed by atoms with van der Waals surface area (Å²) in [5.74, 6) is 0.103. The summed E-state index contributed by atoms with van der Waals surface area (Å²) in [5.41, 5.74) is 5.00. The zero-order chi connectivity index (χ0) is 22.4. The Hall–Kier alpha value is -4.53. The highest BCUT2D eigenvalue weighted by Crippen LogP contribution is 2.33. The van der Waals surface area contributed by atoms with E-state index in [1.54, 1.807) is 41.3 Å². The molecule has 1 fully saturated rings. The Bertz CT molecular complexity index is 1450. The second-order valence-electron chi connectivity index (χ2n) is 7.66. The summed E-state index contributed by atoms with van der Waals surface area (Å²) < 4.78 is 20.3. The van der Waals surface area contributed by atoms with E-state index in [1.807, 2.05) is 30.3 Å². The Morgan fingerprint density at radius 2 is 1.79 bits per heavy atom. The average molecular weight is 440 g/mol. The summed E-state index contributed by atoms with van der Waals surface area (Å²) in [4.78, 5) is 18.8. The monoisotopic (exact) mass is 440 g/mol. The molecule has 0 unspecified atom stereocenters. The fourth-order valence-electron chi connectivity index (χ4n) is 4.04. The number of aromatic nitrogens is 5. The van der Waals surface area contributed by atoms with Crippen LogP contribution in [0.5, 0.6) is 0 Å². The molecule has 1 aliphatic heterocycles. The molecule has 4 heterocycles. The van der Waals surface area contributed by atoms with Crippen LogP contribution in [0.2, 0.25) is 0 Å². The number of fused-ring (bicyclic) bond motifs is 1. The molecular weight excluding hydrogens is 423 g/mol. The highest BCUT2D eigenvalue weighted by Gasteiger charge is 2.36. The highest BCUT2D eigenvalue weighted by atomic mass is 19.1. The Kier molecular flexibility index (Phi) is 4.39. The van der Waals surface area contributed by atoms with E-state index in [4.69, 9.17) is 9.72 Å². The van der Waals surface area contributed by atoms with Crippen LogP contribution in [0.3, 0.4) is 0 Å². The van der Waals surface area contributed by atoms with Crippen LogP contribution in [-0.4, -0.2) is 37.5 Å². The molecule has 0 aliphatic carbocycles. The van der Waals surface area contributed by atoms with Crippen molar-refractivity contribution in [2.75, 3.05) is 11.5 Å². The van der Waals surface area contributed by atoms with Gasteiger partial charge in [-0.1, -0.05) is 36.4 Å². The van der Waals surface area contributed by atoms with Crippen molar-refractivity contribution < 1.29 is 13.9 Å². The van der Waals surface area contributed by atoms with E-state index in [9.17, 15) is 9.18 Å². The van der Waals surface area contributed by atoms with Gasteiger partial charge in [0.2, 0.25) is 0 Å². The third kappa shape index (κ3) is 3.30. The summed E-state index contributed by atoms with van der Waals surface area (Å²) in [6, 6.07) is 17.2. The third-order valence-corrected chi connectivity index (χ3v) is 5.72. The van der Waals surface area contributed by atoms with E-state index >= 15 is 0 Å². The minimum Gasteiger partial charge on any atom is -0.447 e. The van der Waals surface area contributed by atoms with Gasteiger partial charge in [0.1, 0.15) is 24.3 Å². The highest BCUT2D eigenvalue weighted by molar-refractivity contribution is 5.90. The number of anilines is 1. The Labute approximate surface area is 187 Å². The Balaban J connectivity index is 1.38. The maximum absolute atomic E-state index is 13.4. The largest absolute Gasteiger partial charge is 0.447 e. The first-order valence-corrected chi connectivity index (χ1v) is 10.3. The molecule has 0 saturated carbocycles. The van der Waals surface area contributed by atoms with Crippen LogP contribution in [0.1, 0.15) is 11.6 Å². The molecule has 8 nitrogen and oxygen atoms in total. The van der Waals surface area contributed by atoms with Crippen LogP contribution >= 0.6 is 0 Å². The summed E-state index contributed by atoms with van der Waals surface area (Å²) in [5, 5.41) is 11.4. The number of ether oxygens (including phenoxy) is 1.